The molecule has 0 amide bonds. The first-order chi connectivity index (χ1) is 9.72. The maximum atomic E-state index is 4.80. The summed E-state index contributed by atoms with van der Waals surface area (Å²) in [6.45, 7) is 6.71. The molecular formula is C16H21N3S. The van der Waals surface area contributed by atoms with Crippen LogP contribution < -0.4 is 4.90 Å². The molecular weight excluding hydrogens is 266 g/mol. The summed E-state index contributed by atoms with van der Waals surface area (Å²) in [6.07, 6.45) is 6.35. The second kappa shape index (κ2) is 4.69. The fourth-order valence-electron chi connectivity index (χ4n) is 3.58. The molecule has 3 nitrogen and oxygen atoms in total. The normalized spacial score (nSPS) is 22.5. The highest BCUT2D eigenvalue weighted by Gasteiger charge is 2.26. The summed E-state index contributed by atoms with van der Waals surface area (Å²) in [4.78, 5) is 14.8. The summed E-state index contributed by atoms with van der Waals surface area (Å²) in [7, 11) is 0. The highest BCUT2D eigenvalue weighted by atomic mass is 32.1. The number of aromatic nitrogens is 2. The molecule has 1 aliphatic carbocycles. The molecule has 0 spiro atoms. The Morgan fingerprint density at radius 1 is 1.20 bits per heavy atom. The van der Waals surface area contributed by atoms with Gasteiger partial charge in [-0.3, -0.25) is 0 Å². The first-order valence-electron chi connectivity index (χ1n) is 7.76. The molecule has 106 valence electrons. The van der Waals surface area contributed by atoms with E-state index in [2.05, 4.69) is 11.8 Å². The molecule has 0 radical (unpaired) electrons. The predicted molar refractivity (Wildman–Crippen MR) is 84.8 cm³/mol. The van der Waals surface area contributed by atoms with Gasteiger partial charge in [0, 0.05) is 18.0 Å². The van der Waals surface area contributed by atoms with Crippen LogP contribution in [0.25, 0.3) is 10.2 Å². The van der Waals surface area contributed by atoms with Gasteiger partial charge in [-0.1, -0.05) is 6.92 Å². The number of nitrogens with zero attached hydrogens (tertiary/aromatic N) is 3. The van der Waals surface area contributed by atoms with Crippen LogP contribution in [0.5, 0.6) is 0 Å². The second-order valence-electron chi connectivity index (χ2n) is 6.32. The van der Waals surface area contributed by atoms with E-state index in [1.807, 2.05) is 18.3 Å². The van der Waals surface area contributed by atoms with Crippen LogP contribution in [0.15, 0.2) is 0 Å². The molecule has 0 saturated carbocycles. The highest BCUT2D eigenvalue weighted by molar-refractivity contribution is 7.19. The van der Waals surface area contributed by atoms with Crippen LogP contribution in [-0.2, 0) is 12.8 Å². The van der Waals surface area contributed by atoms with Crippen molar-refractivity contribution in [2.45, 2.75) is 46.0 Å². The Kier molecular flexibility index (Phi) is 2.95. The molecule has 0 unspecified atom stereocenters. The van der Waals surface area contributed by atoms with Gasteiger partial charge in [-0.05, 0) is 50.5 Å². The van der Waals surface area contributed by atoms with Gasteiger partial charge in [0.05, 0.1) is 5.39 Å². The van der Waals surface area contributed by atoms with E-state index < -0.39 is 0 Å². The zero-order valence-corrected chi connectivity index (χ0v) is 13.1. The van der Waals surface area contributed by atoms with Crippen molar-refractivity contribution in [2.24, 2.45) is 5.92 Å². The van der Waals surface area contributed by atoms with Gasteiger partial charge in [0.15, 0.2) is 0 Å². The molecule has 0 N–H and O–H groups in total. The lowest BCUT2D eigenvalue weighted by atomic mass is 9.89. The summed E-state index contributed by atoms with van der Waals surface area (Å²) in [6, 6.07) is 0. The lowest BCUT2D eigenvalue weighted by Crippen LogP contribution is -2.20. The predicted octanol–water partition coefficient (Wildman–Crippen LogP) is 3.72. The van der Waals surface area contributed by atoms with E-state index in [9.17, 15) is 0 Å². The standard InChI is InChI=1S/C16H21N3S/c1-10-5-6-12-13(9-10)20-16-14(12)15(17-11(2)18-16)19-7-3-4-8-19/h10H,3-9H2,1-2H3/t10-/m1/s1. The van der Waals surface area contributed by atoms with Gasteiger partial charge < -0.3 is 4.90 Å². The van der Waals surface area contributed by atoms with Gasteiger partial charge in [-0.15, -0.1) is 11.3 Å². The second-order valence-corrected chi connectivity index (χ2v) is 7.40. The van der Waals surface area contributed by atoms with Gasteiger partial charge in [-0.25, -0.2) is 9.97 Å². The molecule has 4 rings (SSSR count). The first-order valence-corrected chi connectivity index (χ1v) is 8.58. The van der Waals surface area contributed by atoms with Crippen molar-refractivity contribution in [2.75, 3.05) is 18.0 Å². The van der Waals surface area contributed by atoms with E-state index in [-0.39, 0.29) is 0 Å². The third-order valence-electron chi connectivity index (χ3n) is 4.65. The molecule has 1 fully saturated rings. The Morgan fingerprint density at radius 3 is 2.80 bits per heavy atom. The number of rotatable bonds is 1. The highest BCUT2D eigenvalue weighted by Crippen LogP contribution is 2.41. The molecule has 1 atom stereocenters. The van der Waals surface area contributed by atoms with Crippen molar-refractivity contribution in [3.63, 3.8) is 0 Å². The molecule has 4 heteroatoms. The fraction of sp³-hybridized carbons (Fsp3) is 0.625. The number of anilines is 1. The van der Waals surface area contributed by atoms with Crippen LogP contribution in [0.1, 0.15) is 42.5 Å². The molecule has 2 aliphatic rings. The largest absolute Gasteiger partial charge is 0.356 e. The van der Waals surface area contributed by atoms with Crippen molar-refractivity contribution >= 4 is 27.4 Å². The van der Waals surface area contributed by atoms with Crippen molar-refractivity contribution in [1.82, 2.24) is 9.97 Å². The third-order valence-corrected chi connectivity index (χ3v) is 5.80. The lowest BCUT2D eigenvalue weighted by molar-refractivity contribution is 0.509. The maximum Gasteiger partial charge on any atom is 0.141 e. The van der Waals surface area contributed by atoms with Crippen LogP contribution in [0.4, 0.5) is 5.82 Å². The molecule has 1 aliphatic heterocycles. The first kappa shape index (κ1) is 12.6. The number of fused-ring (bicyclic) bond motifs is 3. The van der Waals surface area contributed by atoms with Gasteiger partial charge in [0.1, 0.15) is 16.5 Å². The van der Waals surface area contributed by atoms with Gasteiger partial charge in [0.2, 0.25) is 0 Å². The minimum atomic E-state index is 0.819. The molecule has 3 heterocycles. The quantitative estimate of drug-likeness (QED) is 0.800. The van der Waals surface area contributed by atoms with Crippen LogP contribution in [-0.4, -0.2) is 23.1 Å². The van der Waals surface area contributed by atoms with E-state index in [0.717, 1.165) is 24.8 Å². The van der Waals surface area contributed by atoms with Crippen LogP contribution in [0, 0.1) is 12.8 Å². The summed E-state index contributed by atoms with van der Waals surface area (Å²) >= 11 is 1.91. The van der Waals surface area contributed by atoms with E-state index in [1.165, 1.54) is 48.1 Å². The van der Waals surface area contributed by atoms with E-state index >= 15 is 0 Å². The van der Waals surface area contributed by atoms with Crippen LogP contribution >= 0.6 is 11.3 Å². The minimum Gasteiger partial charge on any atom is -0.356 e. The molecule has 1 saturated heterocycles. The summed E-state index contributed by atoms with van der Waals surface area (Å²) in [5.74, 6) is 2.96. The third kappa shape index (κ3) is 1.93. The Morgan fingerprint density at radius 2 is 2.00 bits per heavy atom. The van der Waals surface area contributed by atoms with Crippen molar-refractivity contribution < 1.29 is 0 Å². The molecule has 0 bridgehead atoms. The maximum absolute atomic E-state index is 4.80. The number of hydrogen-bond donors (Lipinski definition) is 0. The summed E-state index contributed by atoms with van der Waals surface area (Å²) in [5, 5.41) is 1.38. The fourth-order valence-corrected chi connectivity index (χ4v) is 5.01. The van der Waals surface area contributed by atoms with Gasteiger partial charge >= 0.3 is 0 Å². The monoisotopic (exact) mass is 287 g/mol. The van der Waals surface area contributed by atoms with Crippen molar-refractivity contribution in [3.05, 3.63) is 16.3 Å². The van der Waals surface area contributed by atoms with Crippen LogP contribution in [0.3, 0.4) is 0 Å². The Balaban J connectivity index is 1.93. The minimum absolute atomic E-state index is 0.819. The number of hydrogen-bond acceptors (Lipinski definition) is 4. The average molecular weight is 287 g/mol. The SMILES string of the molecule is Cc1nc(N2CCCC2)c2c3c(sc2n1)C[C@H](C)CC3. The van der Waals surface area contributed by atoms with E-state index in [4.69, 9.17) is 9.97 Å². The average Bonchev–Trinajstić information content (AvgIpc) is 3.03. The number of thiophene rings is 1. The zero-order chi connectivity index (χ0) is 13.7. The van der Waals surface area contributed by atoms with Gasteiger partial charge in [0.25, 0.3) is 0 Å². The summed E-state index contributed by atoms with van der Waals surface area (Å²) < 4.78 is 0. The molecule has 2 aromatic heterocycles. The molecule has 2 aromatic rings. The smallest absolute Gasteiger partial charge is 0.141 e. The Labute approximate surface area is 124 Å². The zero-order valence-electron chi connectivity index (χ0n) is 12.3. The van der Waals surface area contributed by atoms with Crippen molar-refractivity contribution in [3.8, 4) is 0 Å². The summed E-state index contributed by atoms with van der Waals surface area (Å²) in [5.41, 5.74) is 1.56. The topological polar surface area (TPSA) is 29.0 Å². The Hall–Kier alpha value is -1.16. The van der Waals surface area contributed by atoms with E-state index in [1.54, 1.807) is 10.4 Å². The number of aryl methyl sites for hydroxylation is 2. The van der Waals surface area contributed by atoms with E-state index in [0.29, 0.717) is 0 Å². The molecule has 0 aromatic carbocycles. The van der Waals surface area contributed by atoms with Crippen LogP contribution in [0.2, 0.25) is 0 Å². The Bertz CT molecular complexity index is 655. The van der Waals surface area contributed by atoms with Gasteiger partial charge in [-0.2, -0.15) is 0 Å². The van der Waals surface area contributed by atoms with Crippen molar-refractivity contribution in [1.29, 1.82) is 0 Å². The lowest BCUT2D eigenvalue weighted by Gasteiger charge is -2.21. The molecule has 20 heavy (non-hydrogen) atoms.